The third-order valence-electron chi connectivity index (χ3n) is 4.17. The molecule has 0 saturated carbocycles. The van der Waals surface area contributed by atoms with E-state index < -0.39 is 5.60 Å². The van der Waals surface area contributed by atoms with Crippen molar-refractivity contribution in [2.75, 3.05) is 26.4 Å². The second kappa shape index (κ2) is 7.34. The molecule has 1 heterocycles. The average molecular weight is 295 g/mol. The first-order valence-corrected chi connectivity index (χ1v) is 7.84. The molecule has 1 N–H and O–H groups in total. The molecule has 1 saturated heterocycles. The molecule has 1 aliphatic rings. The first-order chi connectivity index (χ1) is 10.1. The molecule has 0 aliphatic carbocycles. The number of rotatable bonds is 6. The second-order valence-corrected chi connectivity index (χ2v) is 5.63. The molecule has 0 aromatic heterocycles. The minimum absolute atomic E-state index is 0.147. The van der Waals surface area contributed by atoms with E-state index in [1.54, 1.807) is 12.1 Å². The van der Waals surface area contributed by atoms with Gasteiger partial charge in [-0.25, -0.2) is 4.39 Å². The number of aryl methyl sites for hydroxylation is 1. The molecule has 2 rings (SSSR count). The second-order valence-electron chi connectivity index (χ2n) is 5.63. The minimum atomic E-state index is -0.391. The third kappa shape index (κ3) is 3.62. The lowest BCUT2D eigenvalue weighted by molar-refractivity contribution is -0.128. The molecule has 1 aromatic rings. The van der Waals surface area contributed by atoms with E-state index >= 15 is 0 Å². The highest BCUT2D eigenvalue weighted by molar-refractivity contribution is 5.29. The van der Waals surface area contributed by atoms with Crippen LogP contribution in [0.2, 0.25) is 0 Å². The van der Waals surface area contributed by atoms with Crippen molar-refractivity contribution >= 4 is 0 Å². The van der Waals surface area contributed by atoms with Crippen LogP contribution < -0.4 is 5.32 Å². The van der Waals surface area contributed by atoms with Crippen molar-refractivity contribution in [1.82, 2.24) is 5.32 Å². The van der Waals surface area contributed by atoms with E-state index in [4.69, 9.17) is 9.47 Å². The van der Waals surface area contributed by atoms with Gasteiger partial charge in [-0.1, -0.05) is 24.6 Å². The van der Waals surface area contributed by atoms with Crippen LogP contribution in [0.3, 0.4) is 0 Å². The third-order valence-corrected chi connectivity index (χ3v) is 4.17. The lowest BCUT2D eigenvalue weighted by atomic mass is 9.81. The first kappa shape index (κ1) is 16.4. The van der Waals surface area contributed by atoms with Gasteiger partial charge >= 0.3 is 0 Å². The van der Waals surface area contributed by atoms with Gasteiger partial charge in [-0.2, -0.15) is 0 Å². The van der Waals surface area contributed by atoms with Crippen LogP contribution in [0.25, 0.3) is 0 Å². The van der Waals surface area contributed by atoms with Gasteiger partial charge in [0.25, 0.3) is 0 Å². The lowest BCUT2D eigenvalue weighted by Crippen LogP contribution is -2.50. The quantitative estimate of drug-likeness (QED) is 0.873. The maximum atomic E-state index is 14.4. The summed E-state index contributed by atoms with van der Waals surface area (Å²) in [7, 11) is 0. The number of hydrogen-bond acceptors (Lipinski definition) is 3. The predicted octanol–water partition coefficient (Wildman–Crippen LogP) is 3.37. The van der Waals surface area contributed by atoms with E-state index in [1.165, 1.54) is 0 Å². The number of nitrogens with one attached hydrogen (secondary N) is 1. The van der Waals surface area contributed by atoms with Crippen LogP contribution in [0, 0.1) is 12.7 Å². The Morgan fingerprint density at radius 2 is 2.05 bits per heavy atom. The topological polar surface area (TPSA) is 30.5 Å². The highest BCUT2D eigenvalue weighted by Crippen LogP contribution is 2.39. The van der Waals surface area contributed by atoms with Crippen LogP contribution in [-0.2, 0) is 9.47 Å². The first-order valence-electron chi connectivity index (χ1n) is 7.84. The van der Waals surface area contributed by atoms with E-state index in [0.29, 0.717) is 25.4 Å². The fourth-order valence-corrected chi connectivity index (χ4v) is 3.19. The zero-order valence-corrected chi connectivity index (χ0v) is 13.2. The molecule has 118 valence electrons. The summed E-state index contributed by atoms with van der Waals surface area (Å²) in [4.78, 5) is 0. The van der Waals surface area contributed by atoms with Crippen molar-refractivity contribution in [1.29, 1.82) is 0 Å². The molecule has 1 fully saturated rings. The van der Waals surface area contributed by atoms with Gasteiger partial charge < -0.3 is 14.8 Å². The smallest absolute Gasteiger partial charge is 0.128 e. The van der Waals surface area contributed by atoms with Crippen LogP contribution in [0.4, 0.5) is 4.39 Å². The molecule has 4 heteroatoms. The molecule has 0 bridgehead atoms. The highest BCUT2D eigenvalue weighted by Gasteiger charge is 2.42. The fraction of sp³-hybridized carbons (Fsp3) is 0.647. The molecule has 21 heavy (non-hydrogen) atoms. The summed E-state index contributed by atoms with van der Waals surface area (Å²) in [5, 5.41) is 3.44. The Kier molecular flexibility index (Phi) is 5.73. The van der Waals surface area contributed by atoms with Crippen molar-refractivity contribution in [2.24, 2.45) is 0 Å². The summed E-state index contributed by atoms with van der Waals surface area (Å²) in [6.07, 6.45) is 1.57. The van der Waals surface area contributed by atoms with Gasteiger partial charge in [0.05, 0.1) is 11.6 Å². The zero-order chi connectivity index (χ0) is 15.3. The summed E-state index contributed by atoms with van der Waals surface area (Å²) in [6.45, 7) is 8.74. The highest BCUT2D eigenvalue weighted by atomic mass is 19.1. The van der Waals surface area contributed by atoms with Gasteiger partial charge in [0, 0.05) is 38.2 Å². The van der Waals surface area contributed by atoms with Gasteiger partial charge in [0.1, 0.15) is 5.82 Å². The Bertz CT molecular complexity index is 453. The van der Waals surface area contributed by atoms with Crippen LogP contribution >= 0.6 is 0 Å². The van der Waals surface area contributed by atoms with Crippen LogP contribution in [-0.4, -0.2) is 32.0 Å². The molecular weight excluding hydrogens is 269 g/mol. The average Bonchev–Trinajstić information content (AvgIpc) is 2.49. The molecule has 1 aliphatic heterocycles. The molecule has 3 nitrogen and oxygen atoms in total. The zero-order valence-electron chi connectivity index (χ0n) is 13.2. The molecule has 1 atom stereocenters. The summed E-state index contributed by atoms with van der Waals surface area (Å²) < 4.78 is 26.0. The number of ether oxygens (including phenoxy) is 2. The standard InChI is InChI=1S/C17H26FNO2/c1-4-19-16(14-12-13(3)6-7-15(14)18)17(21-5-2)8-10-20-11-9-17/h6-7,12,16,19H,4-5,8-11H2,1-3H3. The van der Waals surface area contributed by atoms with Crippen LogP contribution in [0.5, 0.6) is 0 Å². The Balaban J connectivity index is 2.41. The molecule has 1 aromatic carbocycles. The summed E-state index contributed by atoms with van der Waals surface area (Å²) in [6, 6.07) is 5.14. The van der Waals surface area contributed by atoms with E-state index in [2.05, 4.69) is 5.32 Å². The fourth-order valence-electron chi connectivity index (χ4n) is 3.19. The predicted molar refractivity (Wildman–Crippen MR) is 82.0 cm³/mol. The van der Waals surface area contributed by atoms with Gasteiger partial charge in [0.2, 0.25) is 0 Å². The molecule has 1 unspecified atom stereocenters. The van der Waals surface area contributed by atoms with Crippen molar-refractivity contribution in [3.05, 3.63) is 35.1 Å². The van der Waals surface area contributed by atoms with E-state index in [-0.39, 0.29) is 11.9 Å². The van der Waals surface area contributed by atoms with Gasteiger partial charge in [0.15, 0.2) is 0 Å². The maximum absolute atomic E-state index is 14.4. The van der Waals surface area contributed by atoms with Crippen molar-refractivity contribution in [2.45, 2.75) is 45.3 Å². The Morgan fingerprint density at radius 3 is 2.67 bits per heavy atom. The normalized spacial score (nSPS) is 19.4. The summed E-state index contributed by atoms with van der Waals surface area (Å²) >= 11 is 0. The van der Waals surface area contributed by atoms with E-state index in [9.17, 15) is 4.39 Å². The van der Waals surface area contributed by atoms with Gasteiger partial charge in [-0.05, 0) is 26.5 Å². The minimum Gasteiger partial charge on any atom is -0.381 e. The monoisotopic (exact) mass is 295 g/mol. The largest absolute Gasteiger partial charge is 0.381 e. The number of hydrogen-bond donors (Lipinski definition) is 1. The molecule has 0 amide bonds. The molecular formula is C17H26FNO2. The van der Waals surface area contributed by atoms with Crippen molar-refractivity contribution in [3.8, 4) is 0 Å². The molecule has 0 radical (unpaired) electrons. The Morgan fingerprint density at radius 1 is 1.33 bits per heavy atom. The number of halogens is 1. The van der Waals surface area contributed by atoms with Crippen molar-refractivity contribution < 1.29 is 13.9 Å². The number of likely N-dealkylation sites (N-methyl/N-ethyl adjacent to an activating group) is 1. The van der Waals surface area contributed by atoms with Gasteiger partial charge in [-0.15, -0.1) is 0 Å². The number of benzene rings is 1. The van der Waals surface area contributed by atoms with Crippen LogP contribution in [0.1, 0.15) is 43.9 Å². The van der Waals surface area contributed by atoms with Gasteiger partial charge in [-0.3, -0.25) is 0 Å². The van der Waals surface area contributed by atoms with Crippen LogP contribution in [0.15, 0.2) is 18.2 Å². The Labute approximate surface area is 126 Å². The lowest BCUT2D eigenvalue weighted by Gasteiger charge is -2.43. The van der Waals surface area contributed by atoms with Crippen molar-refractivity contribution in [3.63, 3.8) is 0 Å². The maximum Gasteiger partial charge on any atom is 0.128 e. The SMILES string of the molecule is CCNC(c1cc(C)ccc1F)C1(OCC)CCOCC1. The van der Waals surface area contributed by atoms with E-state index in [1.807, 2.05) is 26.8 Å². The Hall–Kier alpha value is -0.970. The summed E-state index contributed by atoms with van der Waals surface area (Å²) in [5.41, 5.74) is 1.37. The van der Waals surface area contributed by atoms with E-state index in [0.717, 1.165) is 24.9 Å². The molecule has 0 spiro atoms. The summed E-state index contributed by atoms with van der Waals surface area (Å²) in [5.74, 6) is -0.169.